The number of hydrogen-bond donors (Lipinski definition) is 1. The number of ether oxygens (including phenoxy) is 1. The minimum Gasteiger partial charge on any atom is -0.483 e. The van der Waals surface area contributed by atoms with Crippen LogP contribution in [0.2, 0.25) is 0 Å². The first kappa shape index (κ1) is 18.1. The van der Waals surface area contributed by atoms with Gasteiger partial charge in [-0.1, -0.05) is 37.2 Å². The number of para-hydroxylation sites is 1. The quantitative estimate of drug-likeness (QED) is 0.647. The van der Waals surface area contributed by atoms with Crippen LogP contribution in [0.5, 0.6) is 5.75 Å². The normalized spacial score (nSPS) is 11.9. The summed E-state index contributed by atoms with van der Waals surface area (Å²) in [6.07, 6.45) is 1.01. The van der Waals surface area contributed by atoms with Crippen LogP contribution in [0.15, 0.2) is 45.6 Å². The summed E-state index contributed by atoms with van der Waals surface area (Å²) >= 11 is 1.56. The Morgan fingerprint density at radius 2 is 2.19 bits per heavy atom. The van der Waals surface area contributed by atoms with Crippen molar-refractivity contribution in [2.75, 3.05) is 6.61 Å². The van der Waals surface area contributed by atoms with Gasteiger partial charge in [0.1, 0.15) is 5.75 Å². The van der Waals surface area contributed by atoms with Gasteiger partial charge in [0.05, 0.1) is 6.54 Å². The predicted molar refractivity (Wildman–Crippen MR) is 100 cm³/mol. The van der Waals surface area contributed by atoms with Crippen molar-refractivity contribution in [3.63, 3.8) is 0 Å². The van der Waals surface area contributed by atoms with Crippen LogP contribution in [-0.4, -0.2) is 22.7 Å². The molecular weight excluding hydrogens is 350 g/mol. The van der Waals surface area contributed by atoms with Crippen LogP contribution < -0.4 is 10.1 Å². The van der Waals surface area contributed by atoms with Crippen molar-refractivity contribution in [3.8, 4) is 17.1 Å². The lowest BCUT2D eigenvalue weighted by Gasteiger charge is -2.15. The molecule has 26 heavy (non-hydrogen) atoms. The standard InChI is InChI=1S/C19H21N3O3S/c1-3-13(2)15-6-4-5-7-16(15)24-11-17(23)20-10-18-21-19(22-25-18)14-8-9-26-12-14/h4-9,12-13H,3,10-11H2,1-2H3,(H,20,23)/t13-/m1/s1. The Labute approximate surface area is 156 Å². The summed E-state index contributed by atoms with van der Waals surface area (Å²) in [4.78, 5) is 16.3. The minimum absolute atomic E-state index is 0.0566. The summed E-state index contributed by atoms with van der Waals surface area (Å²) in [6.45, 7) is 4.39. The van der Waals surface area contributed by atoms with E-state index in [2.05, 4.69) is 29.3 Å². The molecule has 6 nitrogen and oxygen atoms in total. The maximum atomic E-state index is 12.1. The molecule has 7 heteroatoms. The van der Waals surface area contributed by atoms with E-state index in [9.17, 15) is 4.79 Å². The number of amides is 1. The smallest absolute Gasteiger partial charge is 0.258 e. The molecule has 0 aliphatic rings. The van der Waals surface area contributed by atoms with Crippen LogP contribution in [0.3, 0.4) is 0 Å². The van der Waals surface area contributed by atoms with Gasteiger partial charge < -0.3 is 14.6 Å². The fourth-order valence-electron chi connectivity index (χ4n) is 2.44. The van der Waals surface area contributed by atoms with Crippen molar-refractivity contribution in [2.45, 2.75) is 32.7 Å². The molecular formula is C19H21N3O3S. The van der Waals surface area contributed by atoms with Crippen molar-refractivity contribution < 1.29 is 14.1 Å². The zero-order valence-electron chi connectivity index (χ0n) is 14.8. The Bertz CT molecular complexity index is 845. The molecule has 3 aromatic rings. The molecule has 0 fully saturated rings. The SMILES string of the molecule is CC[C@@H](C)c1ccccc1OCC(=O)NCc1nc(-c2ccsc2)no1. The number of hydrogen-bond acceptors (Lipinski definition) is 6. The molecule has 0 saturated carbocycles. The Kier molecular flexibility index (Phi) is 6.01. The second-order valence-electron chi connectivity index (χ2n) is 5.94. The van der Waals surface area contributed by atoms with Gasteiger partial charge >= 0.3 is 0 Å². The van der Waals surface area contributed by atoms with Crippen LogP contribution in [0.4, 0.5) is 0 Å². The number of benzene rings is 1. The van der Waals surface area contributed by atoms with E-state index < -0.39 is 0 Å². The molecule has 1 atom stereocenters. The number of nitrogens with zero attached hydrogens (tertiary/aromatic N) is 2. The number of rotatable bonds is 8. The number of carbonyl (C=O) groups excluding carboxylic acids is 1. The number of aromatic nitrogens is 2. The summed E-state index contributed by atoms with van der Waals surface area (Å²) in [5, 5.41) is 10.5. The molecule has 0 saturated heterocycles. The van der Waals surface area contributed by atoms with Gasteiger partial charge in [0.25, 0.3) is 5.91 Å². The van der Waals surface area contributed by atoms with Gasteiger partial charge in [-0.2, -0.15) is 16.3 Å². The third-order valence-electron chi connectivity index (χ3n) is 4.11. The summed E-state index contributed by atoms with van der Waals surface area (Å²) in [6, 6.07) is 9.73. The van der Waals surface area contributed by atoms with Gasteiger partial charge in [-0.25, -0.2) is 0 Å². The van der Waals surface area contributed by atoms with Crippen LogP contribution in [0, 0.1) is 0 Å². The molecule has 2 heterocycles. The summed E-state index contributed by atoms with van der Waals surface area (Å²) in [5.74, 6) is 1.77. The van der Waals surface area contributed by atoms with Crippen molar-refractivity contribution in [1.29, 1.82) is 0 Å². The third-order valence-corrected chi connectivity index (χ3v) is 4.79. The fourth-order valence-corrected chi connectivity index (χ4v) is 3.08. The molecule has 0 radical (unpaired) electrons. The second-order valence-corrected chi connectivity index (χ2v) is 6.72. The Balaban J connectivity index is 1.51. The van der Waals surface area contributed by atoms with Gasteiger partial charge in [0.2, 0.25) is 11.7 Å². The first-order chi connectivity index (χ1) is 12.7. The van der Waals surface area contributed by atoms with E-state index in [0.717, 1.165) is 23.3 Å². The predicted octanol–water partition coefficient (Wildman–Crippen LogP) is 4.01. The van der Waals surface area contributed by atoms with Crippen molar-refractivity contribution in [3.05, 3.63) is 52.5 Å². The maximum Gasteiger partial charge on any atom is 0.258 e. The highest BCUT2D eigenvalue weighted by Gasteiger charge is 2.13. The van der Waals surface area contributed by atoms with E-state index in [1.165, 1.54) is 0 Å². The van der Waals surface area contributed by atoms with Gasteiger partial charge in [-0.15, -0.1) is 0 Å². The molecule has 3 rings (SSSR count). The lowest BCUT2D eigenvalue weighted by atomic mass is 9.98. The highest BCUT2D eigenvalue weighted by Crippen LogP contribution is 2.28. The van der Waals surface area contributed by atoms with Crippen LogP contribution >= 0.6 is 11.3 Å². The molecule has 1 N–H and O–H groups in total. The molecule has 0 spiro atoms. The third kappa shape index (κ3) is 4.49. The summed E-state index contributed by atoms with van der Waals surface area (Å²) < 4.78 is 10.9. The van der Waals surface area contributed by atoms with Gasteiger partial charge in [0.15, 0.2) is 6.61 Å². The van der Waals surface area contributed by atoms with Crippen LogP contribution in [0.1, 0.15) is 37.6 Å². The average molecular weight is 371 g/mol. The first-order valence-corrected chi connectivity index (χ1v) is 9.45. The molecule has 0 aliphatic heterocycles. The maximum absolute atomic E-state index is 12.1. The topological polar surface area (TPSA) is 77.2 Å². The lowest BCUT2D eigenvalue weighted by Crippen LogP contribution is -2.28. The van der Waals surface area contributed by atoms with Gasteiger partial charge in [-0.3, -0.25) is 4.79 Å². The zero-order valence-corrected chi connectivity index (χ0v) is 15.6. The molecule has 0 aliphatic carbocycles. The Morgan fingerprint density at radius 1 is 1.35 bits per heavy atom. The van der Waals surface area contributed by atoms with Crippen molar-refractivity contribution in [2.24, 2.45) is 0 Å². The van der Waals surface area contributed by atoms with E-state index in [1.54, 1.807) is 11.3 Å². The van der Waals surface area contributed by atoms with E-state index in [4.69, 9.17) is 9.26 Å². The highest BCUT2D eigenvalue weighted by atomic mass is 32.1. The molecule has 0 unspecified atom stereocenters. The second kappa shape index (κ2) is 8.62. The highest BCUT2D eigenvalue weighted by molar-refractivity contribution is 7.08. The molecule has 2 aromatic heterocycles. The summed E-state index contributed by atoms with van der Waals surface area (Å²) in [5.41, 5.74) is 2.02. The van der Waals surface area contributed by atoms with Gasteiger partial charge in [0, 0.05) is 10.9 Å². The number of nitrogens with one attached hydrogen (secondary N) is 1. The van der Waals surface area contributed by atoms with Crippen LogP contribution in [-0.2, 0) is 11.3 Å². The van der Waals surface area contributed by atoms with Gasteiger partial charge in [-0.05, 0) is 35.4 Å². The first-order valence-electron chi connectivity index (χ1n) is 8.51. The number of carbonyl (C=O) groups is 1. The van der Waals surface area contributed by atoms with E-state index in [1.807, 2.05) is 41.1 Å². The Morgan fingerprint density at radius 3 is 2.96 bits per heavy atom. The summed E-state index contributed by atoms with van der Waals surface area (Å²) in [7, 11) is 0. The monoisotopic (exact) mass is 371 g/mol. The minimum atomic E-state index is -0.237. The number of thiophene rings is 1. The zero-order chi connectivity index (χ0) is 18.4. The molecule has 1 amide bonds. The van der Waals surface area contributed by atoms with Crippen LogP contribution in [0.25, 0.3) is 11.4 Å². The lowest BCUT2D eigenvalue weighted by molar-refractivity contribution is -0.123. The largest absolute Gasteiger partial charge is 0.483 e. The molecule has 1 aromatic carbocycles. The average Bonchev–Trinajstić information content (AvgIpc) is 3.35. The van der Waals surface area contributed by atoms with Crippen molar-refractivity contribution >= 4 is 17.2 Å². The molecule has 0 bridgehead atoms. The van der Waals surface area contributed by atoms with E-state index in [0.29, 0.717) is 17.6 Å². The Hall–Kier alpha value is -2.67. The fraction of sp³-hybridized carbons (Fsp3) is 0.316. The molecule has 136 valence electrons. The van der Waals surface area contributed by atoms with E-state index in [-0.39, 0.29) is 19.1 Å². The van der Waals surface area contributed by atoms with Crippen molar-refractivity contribution in [1.82, 2.24) is 15.5 Å². The van der Waals surface area contributed by atoms with E-state index >= 15 is 0 Å².